The quantitative estimate of drug-likeness (QED) is 0.191. The molecule has 3 fully saturated rings. The van der Waals surface area contributed by atoms with Crippen LogP contribution in [0, 0.1) is 17.8 Å². The minimum atomic E-state index is -4.02. The van der Waals surface area contributed by atoms with Crippen molar-refractivity contribution in [3.63, 3.8) is 0 Å². The van der Waals surface area contributed by atoms with Gasteiger partial charge in [-0.05, 0) is 75.5 Å². The maximum absolute atomic E-state index is 14.5. The van der Waals surface area contributed by atoms with E-state index in [0.717, 1.165) is 6.42 Å². The minimum absolute atomic E-state index is 0.0257. The first kappa shape index (κ1) is 40.0. The van der Waals surface area contributed by atoms with E-state index >= 15 is 0 Å². The summed E-state index contributed by atoms with van der Waals surface area (Å²) in [6.45, 7) is 5.92. The average Bonchev–Trinajstić information content (AvgIpc) is 4.02. The number of pyridine rings is 1. The number of sulfonamides is 1. The Morgan fingerprint density at radius 1 is 1.11 bits per heavy atom. The van der Waals surface area contributed by atoms with Crippen LogP contribution in [0.1, 0.15) is 65.7 Å². The SMILES string of the molecule is COCCOc1cnc(O[C@@H]2C[C@H]3C(=O)N[C@]4(C(=O)NS(=O)(=O)C5(C)CC5)C[C@H]4/C=C\CC[C@@H](C)C[C@@H](C)[C@H](NC(=O)O)C(=O)N3C2)c2ccc(OC)cc12. The molecule has 4 N–H and O–H groups in total. The fraction of sp³-hybridized carbons (Fsp3) is 0.605. The lowest BCUT2D eigenvalue weighted by molar-refractivity contribution is -0.142. The maximum Gasteiger partial charge on any atom is 0.405 e. The summed E-state index contributed by atoms with van der Waals surface area (Å²) in [5.74, 6) is -1.68. The number of aromatic nitrogens is 1. The number of carbonyl (C=O) groups excluding carboxylic acids is 3. The van der Waals surface area contributed by atoms with E-state index in [4.69, 9.17) is 18.9 Å². The highest BCUT2D eigenvalue weighted by molar-refractivity contribution is 7.91. The normalized spacial score (nSPS) is 29.7. The lowest BCUT2D eigenvalue weighted by atomic mass is 9.88. The third kappa shape index (κ3) is 8.47. The molecule has 300 valence electrons. The smallest absolute Gasteiger partial charge is 0.405 e. The Kier molecular flexibility index (Phi) is 11.5. The van der Waals surface area contributed by atoms with Crippen LogP contribution in [0.25, 0.3) is 10.8 Å². The molecule has 1 aromatic carbocycles. The van der Waals surface area contributed by atoms with Crippen molar-refractivity contribution >= 4 is 44.6 Å². The van der Waals surface area contributed by atoms with Gasteiger partial charge in [-0.1, -0.05) is 26.0 Å². The molecule has 16 nitrogen and oxygen atoms in total. The van der Waals surface area contributed by atoms with Crippen molar-refractivity contribution in [1.29, 1.82) is 0 Å². The second-order valence-electron chi connectivity index (χ2n) is 15.6. The molecule has 0 bridgehead atoms. The first-order chi connectivity index (χ1) is 26.1. The van der Waals surface area contributed by atoms with Crippen LogP contribution in [0.3, 0.4) is 0 Å². The fourth-order valence-corrected chi connectivity index (χ4v) is 8.94. The van der Waals surface area contributed by atoms with E-state index in [1.54, 1.807) is 46.3 Å². The van der Waals surface area contributed by atoms with Gasteiger partial charge in [-0.2, -0.15) is 0 Å². The van der Waals surface area contributed by atoms with Gasteiger partial charge >= 0.3 is 6.09 Å². The minimum Gasteiger partial charge on any atom is -0.497 e. The van der Waals surface area contributed by atoms with E-state index in [-0.39, 0.29) is 37.8 Å². The second kappa shape index (κ2) is 15.8. The summed E-state index contributed by atoms with van der Waals surface area (Å²) in [6.07, 6.45) is 5.98. The summed E-state index contributed by atoms with van der Waals surface area (Å²) in [5.41, 5.74) is -1.56. The summed E-state index contributed by atoms with van der Waals surface area (Å²) >= 11 is 0. The van der Waals surface area contributed by atoms with Crippen molar-refractivity contribution in [2.24, 2.45) is 17.8 Å². The number of ether oxygens (including phenoxy) is 4. The molecule has 4 aliphatic rings. The molecule has 0 unspecified atom stereocenters. The Bertz CT molecular complexity index is 1950. The molecule has 0 radical (unpaired) electrons. The van der Waals surface area contributed by atoms with Crippen molar-refractivity contribution < 1.29 is 51.6 Å². The lowest BCUT2D eigenvalue weighted by Crippen LogP contribution is -2.59. The van der Waals surface area contributed by atoms with Crippen LogP contribution < -0.4 is 29.6 Å². The van der Waals surface area contributed by atoms with Gasteiger partial charge in [0.2, 0.25) is 27.7 Å². The largest absolute Gasteiger partial charge is 0.497 e. The van der Waals surface area contributed by atoms with Crippen LogP contribution >= 0.6 is 0 Å². The first-order valence-corrected chi connectivity index (χ1v) is 20.2. The number of hydrogen-bond acceptors (Lipinski definition) is 11. The second-order valence-corrected chi connectivity index (χ2v) is 17.8. The van der Waals surface area contributed by atoms with E-state index in [9.17, 15) is 32.7 Å². The van der Waals surface area contributed by atoms with Gasteiger partial charge in [0, 0.05) is 30.2 Å². The van der Waals surface area contributed by atoms with Crippen LogP contribution in [0.2, 0.25) is 0 Å². The number of benzene rings is 1. The van der Waals surface area contributed by atoms with Gasteiger partial charge in [-0.25, -0.2) is 18.2 Å². The fourth-order valence-electron chi connectivity index (χ4n) is 7.63. The number of carbonyl (C=O) groups is 4. The molecule has 6 rings (SSSR count). The molecular formula is C38H51N5O11S. The number of allylic oxidation sites excluding steroid dienone is 1. The molecular weight excluding hydrogens is 735 g/mol. The van der Waals surface area contributed by atoms with Crippen LogP contribution in [0.15, 0.2) is 36.5 Å². The summed E-state index contributed by atoms with van der Waals surface area (Å²) in [6, 6.07) is 2.91. The van der Waals surface area contributed by atoms with Crippen molar-refractivity contribution in [3.05, 3.63) is 36.5 Å². The van der Waals surface area contributed by atoms with E-state index in [1.807, 2.05) is 19.1 Å². The Morgan fingerprint density at radius 2 is 1.87 bits per heavy atom. The predicted molar refractivity (Wildman–Crippen MR) is 200 cm³/mol. The monoisotopic (exact) mass is 785 g/mol. The molecule has 0 spiro atoms. The van der Waals surface area contributed by atoms with Gasteiger partial charge in [0.15, 0.2) is 0 Å². The van der Waals surface area contributed by atoms with Crippen molar-refractivity contribution in [2.45, 2.75) is 94.2 Å². The van der Waals surface area contributed by atoms with Crippen LogP contribution in [-0.4, -0.2) is 110 Å². The third-order valence-corrected chi connectivity index (χ3v) is 13.5. The number of hydrogen-bond donors (Lipinski definition) is 4. The number of carboxylic acid groups (broad SMARTS) is 1. The molecule has 7 atom stereocenters. The molecule has 1 aromatic heterocycles. The van der Waals surface area contributed by atoms with Gasteiger partial charge in [0.1, 0.15) is 41.8 Å². The molecule has 17 heteroatoms. The van der Waals surface area contributed by atoms with E-state index in [2.05, 4.69) is 20.3 Å². The van der Waals surface area contributed by atoms with E-state index < -0.39 is 74.1 Å². The average molecular weight is 786 g/mol. The zero-order chi connectivity index (χ0) is 39.7. The van der Waals surface area contributed by atoms with E-state index in [0.29, 0.717) is 54.6 Å². The number of rotatable bonds is 11. The molecule has 2 saturated carbocycles. The maximum atomic E-state index is 14.5. The Balaban J connectivity index is 1.34. The topological polar surface area (TPSA) is 212 Å². The first-order valence-electron chi connectivity index (χ1n) is 18.7. The van der Waals surface area contributed by atoms with Crippen molar-refractivity contribution in [3.8, 4) is 17.4 Å². The zero-order valence-corrected chi connectivity index (χ0v) is 32.6. The van der Waals surface area contributed by atoms with Crippen LogP contribution in [0.4, 0.5) is 4.79 Å². The van der Waals surface area contributed by atoms with Gasteiger partial charge in [0.25, 0.3) is 5.91 Å². The number of fused-ring (bicyclic) bond motifs is 3. The Morgan fingerprint density at radius 3 is 2.56 bits per heavy atom. The molecule has 4 amide bonds. The van der Waals surface area contributed by atoms with Gasteiger partial charge in [-0.3, -0.25) is 19.1 Å². The van der Waals surface area contributed by atoms with Crippen LogP contribution in [-0.2, 0) is 29.1 Å². The summed E-state index contributed by atoms with van der Waals surface area (Å²) in [7, 11) is -0.910. The molecule has 2 aliphatic heterocycles. The molecule has 55 heavy (non-hydrogen) atoms. The molecule has 1 saturated heterocycles. The highest BCUT2D eigenvalue weighted by atomic mass is 32.2. The Labute approximate surface area is 320 Å². The van der Waals surface area contributed by atoms with Crippen molar-refractivity contribution in [1.82, 2.24) is 25.2 Å². The van der Waals surface area contributed by atoms with Crippen LogP contribution in [0.5, 0.6) is 17.4 Å². The highest BCUT2D eigenvalue weighted by Gasteiger charge is 2.63. The lowest BCUT2D eigenvalue weighted by Gasteiger charge is -2.32. The number of nitrogens with zero attached hydrogens (tertiary/aromatic N) is 2. The van der Waals surface area contributed by atoms with Gasteiger partial charge in [0.05, 0.1) is 31.2 Å². The summed E-state index contributed by atoms with van der Waals surface area (Å²) in [5, 5.41) is 16.3. The van der Waals surface area contributed by atoms with Gasteiger partial charge < -0.3 is 39.6 Å². The zero-order valence-electron chi connectivity index (χ0n) is 31.8. The number of methoxy groups -OCH3 is 2. The van der Waals surface area contributed by atoms with E-state index in [1.165, 1.54) is 11.1 Å². The number of nitrogens with one attached hydrogen (secondary N) is 3. The van der Waals surface area contributed by atoms with Gasteiger partial charge in [-0.15, -0.1) is 0 Å². The predicted octanol–water partition coefficient (Wildman–Crippen LogP) is 3.14. The standard InChI is InChI=1S/C38H51N5O11S/c1-22-8-6-7-9-24-19-38(24,35(46)42-55(49,50)37(3)12-13-37)41-32(44)29-18-26(21-43(29)34(45)31(23(2)16-22)40-36(47)48)54-33-27-11-10-25(52-5)17-28(27)30(20-39-33)53-15-14-51-4/h7,9-11,17,20,22-24,26,29,31,40H,6,8,12-16,18-19,21H2,1-5H3,(H,41,44)(H,42,46)(H,47,48)/b9-7-/t22-,23-,24-,26-,29+,31+,38-/m1/s1. The Hall–Kier alpha value is -4.64. The number of amides is 4. The molecule has 3 heterocycles. The molecule has 2 aliphatic carbocycles. The third-order valence-electron chi connectivity index (χ3n) is 11.4. The summed E-state index contributed by atoms with van der Waals surface area (Å²) < 4.78 is 50.4. The highest BCUT2D eigenvalue weighted by Crippen LogP contribution is 2.48. The summed E-state index contributed by atoms with van der Waals surface area (Å²) in [4.78, 5) is 60.6. The molecule has 2 aromatic rings. The van der Waals surface area contributed by atoms with Crippen molar-refractivity contribution in [2.75, 3.05) is 34.0 Å².